The van der Waals surface area contributed by atoms with E-state index in [1.165, 1.54) is 103 Å². The van der Waals surface area contributed by atoms with Gasteiger partial charge in [-0.05, 0) is 39.2 Å². The number of rotatable bonds is 25. The molecule has 3 atom stereocenters. The minimum absolute atomic E-state index is 0.00983. The Labute approximate surface area is 274 Å². The van der Waals surface area contributed by atoms with Gasteiger partial charge < -0.3 is 26.2 Å². The molecule has 0 aliphatic carbocycles. The molecule has 2 saturated heterocycles. The van der Waals surface area contributed by atoms with Gasteiger partial charge in [0.2, 0.25) is 23.6 Å². The lowest BCUT2D eigenvalue weighted by Crippen LogP contribution is -2.57. The minimum atomic E-state index is -0.611. The Hall–Kier alpha value is -2.16. The van der Waals surface area contributed by atoms with Crippen LogP contribution in [-0.2, 0) is 19.2 Å². The molecule has 0 aromatic carbocycles. The molecule has 2 fully saturated rings. The molecular formula is C36H67N5O4. The predicted octanol–water partition coefficient (Wildman–Crippen LogP) is 5.90. The Morgan fingerprint density at radius 2 is 1.18 bits per heavy atom. The van der Waals surface area contributed by atoms with Crippen molar-refractivity contribution in [2.45, 2.75) is 179 Å². The van der Waals surface area contributed by atoms with Crippen molar-refractivity contribution in [3.05, 3.63) is 0 Å². The van der Waals surface area contributed by atoms with Crippen LogP contribution in [0.1, 0.15) is 161 Å². The fourth-order valence-corrected chi connectivity index (χ4v) is 6.93. The first-order valence-electron chi connectivity index (χ1n) is 18.8. The molecule has 9 heteroatoms. The highest BCUT2D eigenvalue weighted by Crippen LogP contribution is 2.31. The second-order valence-corrected chi connectivity index (χ2v) is 13.5. The molecule has 2 aliphatic heterocycles. The van der Waals surface area contributed by atoms with Crippen molar-refractivity contribution in [2.24, 2.45) is 0 Å². The molecule has 0 saturated carbocycles. The molecule has 0 bridgehead atoms. The van der Waals surface area contributed by atoms with Crippen LogP contribution in [0.2, 0.25) is 0 Å². The Balaban J connectivity index is 1.48. The average Bonchev–Trinajstić information content (AvgIpc) is 3.45. The molecule has 0 radical (unpaired) electrons. The van der Waals surface area contributed by atoms with Crippen molar-refractivity contribution in [1.82, 2.24) is 26.2 Å². The Kier molecular flexibility index (Phi) is 21.7. The molecule has 260 valence electrons. The molecule has 4 N–H and O–H groups in total. The summed E-state index contributed by atoms with van der Waals surface area (Å²) in [5.41, 5.74) is 0. The van der Waals surface area contributed by atoms with E-state index in [1.54, 1.807) is 11.9 Å². The van der Waals surface area contributed by atoms with Gasteiger partial charge in [0.05, 0.1) is 13.1 Å². The fraction of sp³-hybridized carbons (Fsp3) is 0.889. The zero-order valence-electron chi connectivity index (χ0n) is 28.9. The molecule has 4 amide bonds. The second-order valence-electron chi connectivity index (χ2n) is 13.5. The van der Waals surface area contributed by atoms with Crippen molar-refractivity contribution in [3.8, 4) is 0 Å². The van der Waals surface area contributed by atoms with Gasteiger partial charge in [0.25, 0.3) is 0 Å². The third-order valence-electron chi connectivity index (χ3n) is 9.59. The van der Waals surface area contributed by atoms with Gasteiger partial charge in [-0.2, -0.15) is 0 Å². The molecule has 2 rings (SSSR count). The van der Waals surface area contributed by atoms with Crippen LogP contribution in [0.5, 0.6) is 0 Å². The molecule has 2 aliphatic rings. The van der Waals surface area contributed by atoms with E-state index >= 15 is 0 Å². The minimum Gasteiger partial charge on any atom is -0.355 e. The highest BCUT2D eigenvalue weighted by atomic mass is 16.2. The van der Waals surface area contributed by atoms with E-state index in [0.717, 1.165) is 38.5 Å². The summed E-state index contributed by atoms with van der Waals surface area (Å²) < 4.78 is 0. The quantitative estimate of drug-likeness (QED) is 0.0934. The number of carbonyl (C=O) groups is 4. The van der Waals surface area contributed by atoms with Crippen LogP contribution in [0.15, 0.2) is 0 Å². The van der Waals surface area contributed by atoms with Crippen molar-refractivity contribution >= 4 is 23.6 Å². The van der Waals surface area contributed by atoms with Crippen molar-refractivity contribution in [3.63, 3.8) is 0 Å². The maximum atomic E-state index is 13.4. The van der Waals surface area contributed by atoms with Crippen LogP contribution in [0.4, 0.5) is 0 Å². The number of fused-ring (bicyclic) bond motifs is 1. The lowest BCUT2D eigenvalue weighted by Gasteiger charge is -2.35. The normalized spacial score (nSPS) is 19.9. The number of hydrogen-bond acceptors (Lipinski definition) is 5. The zero-order valence-corrected chi connectivity index (χ0v) is 28.9. The van der Waals surface area contributed by atoms with Gasteiger partial charge in [-0.3, -0.25) is 19.2 Å². The number of amides is 4. The first-order valence-corrected chi connectivity index (χ1v) is 18.8. The van der Waals surface area contributed by atoms with Gasteiger partial charge in [0.1, 0.15) is 12.1 Å². The van der Waals surface area contributed by atoms with Crippen molar-refractivity contribution in [2.75, 3.05) is 26.7 Å². The summed E-state index contributed by atoms with van der Waals surface area (Å²) in [6.45, 7) is 2.96. The highest BCUT2D eigenvalue weighted by Gasteiger charge is 2.43. The number of unbranched alkanes of at least 4 members (excludes halogenated alkanes) is 17. The van der Waals surface area contributed by atoms with E-state index in [9.17, 15) is 19.2 Å². The third kappa shape index (κ3) is 16.8. The number of carbonyl (C=O) groups excluding carboxylic acids is 4. The van der Waals surface area contributed by atoms with Crippen molar-refractivity contribution < 1.29 is 19.2 Å². The first-order chi connectivity index (χ1) is 22.0. The van der Waals surface area contributed by atoms with E-state index in [1.807, 2.05) is 0 Å². The van der Waals surface area contributed by atoms with E-state index in [2.05, 4.69) is 28.2 Å². The smallest absolute Gasteiger partial charge is 0.246 e. The molecule has 9 nitrogen and oxygen atoms in total. The number of nitrogens with one attached hydrogen (secondary N) is 4. The third-order valence-corrected chi connectivity index (χ3v) is 9.59. The molecule has 0 aromatic heterocycles. The van der Waals surface area contributed by atoms with E-state index in [-0.39, 0.29) is 42.8 Å². The summed E-state index contributed by atoms with van der Waals surface area (Å²) in [5, 5.41) is 11.3. The van der Waals surface area contributed by atoms with Gasteiger partial charge in [-0.1, -0.05) is 129 Å². The van der Waals surface area contributed by atoms with E-state index in [4.69, 9.17) is 0 Å². The maximum Gasteiger partial charge on any atom is 0.246 e. The van der Waals surface area contributed by atoms with Gasteiger partial charge in [-0.25, -0.2) is 0 Å². The fourth-order valence-electron chi connectivity index (χ4n) is 6.93. The molecular weight excluding hydrogens is 566 g/mol. The first kappa shape index (κ1) is 39.0. The monoisotopic (exact) mass is 634 g/mol. The summed E-state index contributed by atoms with van der Waals surface area (Å²) in [6, 6.07) is -1.19. The predicted molar refractivity (Wildman–Crippen MR) is 183 cm³/mol. The van der Waals surface area contributed by atoms with Crippen LogP contribution in [0.3, 0.4) is 0 Å². The average molecular weight is 634 g/mol. The zero-order chi connectivity index (χ0) is 32.5. The number of likely N-dealkylation sites (N-methyl/N-ethyl adjacent to an activating group) is 1. The summed E-state index contributed by atoms with van der Waals surface area (Å²) in [6.07, 6.45) is 28.6. The van der Waals surface area contributed by atoms with E-state index in [0.29, 0.717) is 19.4 Å². The van der Waals surface area contributed by atoms with Crippen molar-refractivity contribution in [1.29, 1.82) is 0 Å². The van der Waals surface area contributed by atoms with Gasteiger partial charge in [-0.15, -0.1) is 0 Å². The van der Waals surface area contributed by atoms with Gasteiger partial charge in [0.15, 0.2) is 0 Å². The maximum absolute atomic E-state index is 13.4. The standard InChI is InChI=1S/C36H67N5O4/c1-3-4-5-6-7-8-9-10-11-12-13-14-15-16-17-18-19-22-27-38-33(42)29-39-35(44)32-26-25-30-23-20-21-24-31(36(45)41(30)32)40-34(43)28-37-2/h30-32,37H,3-29H2,1-2H3,(H,38,42)(H,39,44)(H,40,43). The molecule has 0 aromatic rings. The molecule has 2 heterocycles. The lowest BCUT2D eigenvalue weighted by molar-refractivity contribution is -0.144. The lowest BCUT2D eigenvalue weighted by atomic mass is 9.99. The van der Waals surface area contributed by atoms with Gasteiger partial charge in [0, 0.05) is 12.6 Å². The largest absolute Gasteiger partial charge is 0.355 e. The summed E-state index contributed by atoms with van der Waals surface area (Å²) >= 11 is 0. The van der Waals surface area contributed by atoms with Crippen LogP contribution in [0.25, 0.3) is 0 Å². The molecule has 3 unspecified atom stereocenters. The van der Waals surface area contributed by atoms with Crippen LogP contribution in [0, 0.1) is 0 Å². The Morgan fingerprint density at radius 3 is 1.73 bits per heavy atom. The number of hydrogen-bond donors (Lipinski definition) is 4. The second kappa shape index (κ2) is 25.0. The Bertz CT molecular complexity index is 838. The Morgan fingerprint density at radius 1 is 0.644 bits per heavy atom. The summed E-state index contributed by atoms with van der Waals surface area (Å²) in [5.74, 6) is -0.879. The highest BCUT2D eigenvalue weighted by molar-refractivity contribution is 5.94. The van der Waals surface area contributed by atoms with Crippen LogP contribution in [-0.4, -0.2) is 73.3 Å². The van der Waals surface area contributed by atoms with E-state index < -0.39 is 12.1 Å². The molecule has 45 heavy (non-hydrogen) atoms. The van der Waals surface area contributed by atoms with Gasteiger partial charge >= 0.3 is 0 Å². The topological polar surface area (TPSA) is 120 Å². The number of nitrogens with zero attached hydrogens (tertiary/aromatic N) is 1. The van der Waals surface area contributed by atoms with Crippen LogP contribution < -0.4 is 21.3 Å². The molecule has 0 spiro atoms. The van der Waals surface area contributed by atoms with Crippen LogP contribution >= 0.6 is 0 Å². The summed E-state index contributed by atoms with van der Waals surface area (Å²) in [4.78, 5) is 52.7. The summed E-state index contributed by atoms with van der Waals surface area (Å²) in [7, 11) is 1.69. The SMILES string of the molecule is CCCCCCCCCCCCCCCCCCCCNC(=O)CNC(=O)C1CCC2CCCCC(NC(=O)CNC)C(=O)N21.